The topological polar surface area (TPSA) is 124 Å². The summed E-state index contributed by atoms with van der Waals surface area (Å²) in [7, 11) is -3.97. The molecule has 3 N–H and O–H groups in total. The molecule has 8 nitrogen and oxygen atoms in total. The lowest BCUT2D eigenvalue weighted by Gasteiger charge is -2.11. The van der Waals surface area contributed by atoms with Crippen LogP contribution in [0.5, 0.6) is 0 Å². The minimum atomic E-state index is -3.97. The largest absolute Gasteiger partial charge is 0.281 e. The monoisotopic (exact) mass is 440 g/mol. The van der Waals surface area contributed by atoms with Gasteiger partial charge in [-0.3, -0.25) is 15.0 Å². The molecule has 0 saturated heterocycles. The summed E-state index contributed by atoms with van der Waals surface area (Å²) in [4.78, 5) is 30.5. The minimum Gasteiger partial charge on any atom is -0.267 e. The first-order valence-corrected chi connectivity index (χ1v) is 11.2. The first kappa shape index (κ1) is 20.0. The van der Waals surface area contributed by atoms with Gasteiger partial charge in [-0.05, 0) is 30.2 Å². The maximum absolute atomic E-state index is 13.1. The number of benzene rings is 2. The third-order valence-corrected chi connectivity index (χ3v) is 6.38. The molecule has 0 unspecified atom stereocenters. The van der Waals surface area contributed by atoms with E-state index in [0.29, 0.717) is 15.8 Å². The summed E-state index contributed by atoms with van der Waals surface area (Å²) in [6.07, 6.45) is 1.23. The number of primary sulfonamides is 1. The van der Waals surface area contributed by atoms with Crippen LogP contribution in [0.2, 0.25) is 0 Å². The number of nitrogens with two attached hydrogens (primary N) is 1. The van der Waals surface area contributed by atoms with Crippen molar-refractivity contribution in [2.75, 3.05) is 5.43 Å². The van der Waals surface area contributed by atoms with Crippen LogP contribution in [0.4, 0.5) is 0 Å². The third-order valence-electron chi connectivity index (χ3n) is 4.58. The fourth-order valence-electron chi connectivity index (χ4n) is 3.03. The number of fused-ring (bicyclic) bond motifs is 1. The van der Waals surface area contributed by atoms with E-state index in [2.05, 4.69) is 10.4 Å². The second kappa shape index (κ2) is 7.48. The van der Waals surface area contributed by atoms with E-state index < -0.39 is 21.5 Å². The van der Waals surface area contributed by atoms with Gasteiger partial charge in [0.15, 0.2) is 0 Å². The van der Waals surface area contributed by atoms with Crippen molar-refractivity contribution in [2.45, 2.75) is 11.8 Å². The van der Waals surface area contributed by atoms with E-state index in [4.69, 9.17) is 5.14 Å². The van der Waals surface area contributed by atoms with Crippen LogP contribution in [0, 0.1) is 6.92 Å². The van der Waals surface area contributed by atoms with Crippen molar-refractivity contribution in [3.8, 4) is 11.1 Å². The predicted molar refractivity (Wildman–Crippen MR) is 116 cm³/mol. The van der Waals surface area contributed by atoms with Crippen LogP contribution in [0.25, 0.3) is 21.3 Å². The summed E-state index contributed by atoms with van der Waals surface area (Å²) in [5.41, 5.74) is 4.25. The van der Waals surface area contributed by atoms with Crippen molar-refractivity contribution in [1.82, 2.24) is 9.66 Å². The molecule has 0 aliphatic heterocycles. The average Bonchev–Trinajstić information content (AvgIpc) is 3.15. The Balaban J connectivity index is 1.76. The van der Waals surface area contributed by atoms with E-state index in [1.54, 1.807) is 6.92 Å². The van der Waals surface area contributed by atoms with Gasteiger partial charge in [0, 0.05) is 16.5 Å². The van der Waals surface area contributed by atoms with Gasteiger partial charge in [0.1, 0.15) is 11.2 Å². The number of sulfonamides is 1. The van der Waals surface area contributed by atoms with E-state index in [1.807, 2.05) is 35.7 Å². The summed E-state index contributed by atoms with van der Waals surface area (Å²) in [5, 5.41) is 7.39. The second-order valence-corrected chi connectivity index (χ2v) is 9.00. The Morgan fingerprint density at radius 2 is 1.90 bits per heavy atom. The molecule has 30 heavy (non-hydrogen) atoms. The zero-order chi connectivity index (χ0) is 21.5. The Kier molecular flexibility index (Phi) is 4.98. The van der Waals surface area contributed by atoms with Crippen LogP contribution in [0.15, 0.2) is 69.9 Å². The fraction of sp³-hybridized carbons (Fsp3) is 0.0500. The number of nitrogens with zero attached hydrogens (tertiary/aromatic N) is 2. The fourth-order valence-corrected chi connectivity index (χ4v) is 4.48. The van der Waals surface area contributed by atoms with E-state index >= 15 is 0 Å². The Labute approximate surface area is 175 Å². The Hall–Kier alpha value is -3.34. The predicted octanol–water partition coefficient (Wildman–Crippen LogP) is 2.46. The molecule has 0 radical (unpaired) electrons. The van der Waals surface area contributed by atoms with Crippen LogP contribution < -0.4 is 16.1 Å². The summed E-state index contributed by atoms with van der Waals surface area (Å²) in [6.45, 7) is 1.65. The number of thiophene rings is 1. The number of rotatable bonds is 4. The average molecular weight is 441 g/mol. The molecule has 2 aromatic carbocycles. The van der Waals surface area contributed by atoms with Crippen LogP contribution in [0.1, 0.15) is 15.9 Å². The first-order valence-electron chi connectivity index (χ1n) is 8.75. The van der Waals surface area contributed by atoms with Crippen molar-refractivity contribution < 1.29 is 13.2 Å². The zero-order valence-electron chi connectivity index (χ0n) is 15.7. The molecule has 4 aromatic rings. The summed E-state index contributed by atoms with van der Waals surface area (Å²) < 4.78 is 24.2. The van der Waals surface area contributed by atoms with Gasteiger partial charge >= 0.3 is 0 Å². The molecule has 2 aromatic heterocycles. The van der Waals surface area contributed by atoms with E-state index in [1.165, 1.54) is 35.9 Å². The maximum atomic E-state index is 13.1. The molecule has 0 atom stereocenters. The molecular formula is C20H16N4O4S2. The minimum absolute atomic E-state index is 0.0853. The van der Waals surface area contributed by atoms with Gasteiger partial charge in [0.2, 0.25) is 10.0 Å². The number of aromatic nitrogens is 2. The Morgan fingerprint density at radius 1 is 1.17 bits per heavy atom. The highest BCUT2D eigenvalue weighted by molar-refractivity contribution is 7.89. The molecule has 0 fully saturated rings. The van der Waals surface area contributed by atoms with Gasteiger partial charge in [-0.2, -0.15) is 0 Å². The highest BCUT2D eigenvalue weighted by atomic mass is 32.2. The van der Waals surface area contributed by atoms with Crippen molar-refractivity contribution in [3.63, 3.8) is 0 Å². The molecular weight excluding hydrogens is 424 g/mol. The highest BCUT2D eigenvalue weighted by Gasteiger charge is 2.18. The van der Waals surface area contributed by atoms with Crippen molar-refractivity contribution in [3.05, 3.63) is 81.7 Å². The number of aryl methyl sites for hydroxylation is 1. The van der Waals surface area contributed by atoms with Gasteiger partial charge in [-0.1, -0.05) is 36.4 Å². The molecule has 0 saturated carbocycles. The third kappa shape index (κ3) is 3.63. The molecule has 1 amide bonds. The molecule has 152 valence electrons. The lowest BCUT2D eigenvalue weighted by molar-refractivity contribution is 0.101. The molecule has 10 heteroatoms. The van der Waals surface area contributed by atoms with Crippen LogP contribution >= 0.6 is 11.3 Å². The SMILES string of the molecule is Cc1ccc(S(N)(=O)=O)cc1C(=O)Nn1cnc2scc(-c3ccccc3)c2c1=O. The van der Waals surface area contributed by atoms with E-state index in [-0.39, 0.29) is 10.5 Å². The quantitative estimate of drug-likeness (QED) is 0.504. The second-order valence-electron chi connectivity index (χ2n) is 6.58. The normalized spacial score (nSPS) is 11.5. The molecule has 2 heterocycles. The number of carbonyl (C=O) groups excluding carboxylic acids is 1. The molecule has 4 rings (SSSR count). The smallest absolute Gasteiger partial charge is 0.267 e. The van der Waals surface area contributed by atoms with Crippen LogP contribution in [-0.4, -0.2) is 24.0 Å². The summed E-state index contributed by atoms with van der Waals surface area (Å²) in [6, 6.07) is 13.4. The standard InChI is InChI=1S/C20H16N4O4S2/c1-12-7-8-14(30(21,27)28)9-15(12)18(25)23-24-11-22-19-17(20(24)26)16(10-29-19)13-5-3-2-4-6-13/h2-11H,1H3,(H,23,25)(H2,21,27,28). The Bertz CT molecular complexity index is 1440. The van der Waals surface area contributed by atoms with Gasteiger partial charge in [0.05, 0.1) is 10.3 Å². The number of hydrogen-bond acceptors (Lipinski definition) is 6. The number of hydrogen-bond donors (Lipinski definition) is 2. The summed E-state index contributed by atoms with van der Waals surface area (Å²) >= 11 is 1.34. The van der Waals surface area contributed by atoms with Gasteiger partial charge in [0.25, 0.3) is 11.5 Å². The first-order chi connectivity index (χ1) is 14.3. The highest BCUT2D eigenvalue weighted by Crippen LogP contribution is 2.30. The number of amides is 1. The van der Waals surface area contributed by atoms with Crippen molar-refractivity contribution in [1.29, 1.82) is 0 Å². The molecule has 0 bridgehead atoms. The van der Waals surface area contributed by atoms with E-state index in [9.17, 15) is 18.0 Å². The van der Waals surface area contributed by atoms with Gasteiger partial charge < -0.3 is 0 Å². The molecule has 0 aliphatic rings. The van der Waals surface area contributed by atoms with E-state index in [0.717, 1.165) is 15.8 Å². The number of nitrogens with one attached hydrogen (secondary N) is 1. The number of carbonyl (C=O) groups is 1. The lowest BCUT2D eigenvalue weighted by Crippen LogP contribution is -2.33. The zero-order valence-corrected chi connectivity index (χ0v) is 17.3. The maximum Gasteiger partial charge on any atom is 0.281 e. The lowest BCUT2D eigenvalue weighted by atomic mass is 10.1. The van der Waals surface area contributed by atoms with Gasteiger partial charge in [-0.25, -0.2) is 23.2 Å². The van der Waals surface area contributed by atoms with Crippen molar-refractivity contribution >= 4 is 37.5 Å². The molecule has 0 aliphatic carbocycles. The van der Waals surface area contributed by atoms with Crippen molar-refractivity contribution in [2.24, 2.45) is 5.14 Å². The molecule has 0 spiro atoms. The van der Waals surface area contributed by atoms with Gasteiger partial charge in [-0.15, -0.1) is 11.3 Å². The summed E-state index contributed by atoms with van der Waals surface area (Å²) in [5.74, 6) is -0.655. The Morgan fingerprint density at radius 3 is 2.60 bits per heavy atom. The van der Waals surface area contributed by atoms with Crippen LogP contribution in [0.3, 0.4) is 0 Å². The van der Waals surface area contributed by atoms with Crippen LogP contribution in [-0.2, 0) is 10.0 Å².